The Labute approximate surface area is 122 Å². The van der Waals surface area contributed by atoms with Crippen LogP contribution >= 0.6 is 0 Å². The van der Waals surface area contributed by atoms with Crippen molar-refractivity contribution in [3.8, 4) is 0 Å². The molecule has 0 fully saturated rings. The van der Waals surface area contributed by atoms with Crippen molar-refractivity contribution < 1.29 is 8.42 Å². The molecule has 0 radical (unpaired) electrons. The Hall–Kier alpha value is -0.920. The van der Waals surface area contributed by atoms with Gasteiger partial charge in [-0.15, -0.1) is 0 Å². The molecule has 0 aromatic carbocycles. The zero-order valence-corrected chi connectivity index (χ0v) is 13.9. The molecular formula is C13H26N4O2S. The molecule has 116 valence electrons. The van der Waals surface area contributed by atoms with Crippen LogP contribution in [0.1, 0.15) is 31.2 Å². The lowest BCUT2D eigenvalue weighted by Crippen LogP contribution is -2.23. The average Bonchev–Trinajstić information content (AvgIpc) is 2.64. The molecule has 7 heteroatoms. The summed E-state index contributed by atoms with van der Waals surface area (Å²) in [5, 5.41) is 7.69. The third-order valence-electron chi connectivity index (χ3n) is 3.20. The summed E-state index contributed by atoms with van der Waals surface area (Å²) < 4.78 is 27.5. The number of aromatic nitrogens is 2. The van der Waals surface area contributed by atoms with Gasteiger partial charge in [0.2, 0.25) is 10.0 Å². The normalized spacial score (nSPS) is 12.3. The van der Waals surface area contributed by atoms with Gasteiger partial charge in [0.25, 0.3) is 0 Å². The second-order valence-corrected chi connectivity index (χ2v) is 7.20. The number of rotatable bonds is 8. The first kappa shape index (κ1) is 17.1. The van der Waals surface area contributed by atoms with Gasteiger partial charge in [-0.3, -0.25) is 4.68 Å². The zero-order valence-electron chi connectivity index (χ0n) is 13.1. The fraction of sp³-hybridized carbons (Fsp3) is 0.769. The summed E-state index contributed by atoms with van der Waals surface area (Å²) >= 11 is 0. The molecule has 1 N–H and O–H groups in total. The number of hydrogen-bond donors (Lipinski definition) is 1. The number of aryl methyl sites for hydroxylation is 2. The molecule has 0 aliphatic carbocycles. The third kappa shape index (κ3) is 3.80. The lowest BCUT2D eigenvalue weighted by molar-refractivity contribution is 0.516. The molecule has 0 saturated carbocycles. The summed E-state index contributed by atoms with van der Waals surface area (Å²) in [6.45, 7) is 8.35. The highest BCUT2D eigenvalue weighted by Gasteiger charge is 2.26. The first-order chi connectivity index (χ1) is 9.32. The fourth-order valence-electron chi connectivity index (χ4n) is 2.11. The van der Waals surface area contributed by atoms with E-state index in [0.29, 0.717) is 16.3 Å². The van der Waals surface area contributed by atoms with E-state index in [2.05, 4.69) is 17.3 Å². The Bertz CT molecular complexity index is 535. The largest absolute Gasteiger partial charge is 0.317 e. The van der Waals surface area contributed by atoms with E-state index in [-0.39, 0.29) is 0 Å². The van der Waals surface area contributed by atoms with Gasteiger partial charge in [0, 0.05) is 20.6 Å². The number of nitrogens with zero attached hydrogens (tertiary/aromatic N) is 3. The van der Waals surface area contributed by atoms with E-state index in [4.69, 9.17) is 0 Å². The molecule has 0 spiro atoms. The SMILES string of the molecule is CCCNCCCn1nc(C)c(S(=O)(=O)N(C)C)c1C. The molecule has 20 heavy (non-hydrogen) atoms. The molecule has 1 heterocycles. The minimum Gasteiger partial charge on any atom is -0.317 e. The molecule has 0 saturated heterocycles. The molecule has 1 aromatic rings. The Morgan fingerprint density at radius 1 is 1.25 bits per heavy atom. The first-order valence-electron chi connectivity index (χ1n) is 6.99. The van der Waals surface area contributed by atoms with E-state index in [1.165, 1.54) is 4.31 Å². The van der Waals surface area contributed by atoms with E-state index < -0.39 is 10.0 Å². The van der Waals surface area contributed by atoms with Crippen LogP contribution in [0.3, 0.4) is 0 Å². The maximum atomic E-state index is 12.3. The van der Waals surface area contributed by atoms with Crippen LogP contribution in [-0.2, 0) is 16.6 Å². The van der Waals surface area contributed by atoms with Gasteiger partial charge in [-0.2, -0.15) is 5.10 Å². The maximum absolute atomic E-state index is 12.3. The third-order valence-corrected chi connectivity index (χ3v) is 5.27. The minimum absolute atomic E-state index is 0.337. The molecule has 0 bridgehead atoms. The average molecular weight is 302 g/mol. The molecule has 0 aliphatic rings. The molecular weight excluding hydrogens is 276 g/mol. The smallest absolute Gasteiger partial charge is 0.246 e. The van der Waals surface area contributed by atoms with Crippen LogP contribution in [-0.4, -0.2) is 49.7 Å². The predicted octanol–water partition coefficient (Wildman–Crippen LogP) is 1.14. The Morgan fingerprint density at radius 3 is 2.45 bits per heavy atom. The number of sulfonamides is 1. The second-order valence-electron chi connectivity index (χ2n) is 5.11. The first-order valence-corrected chi connectivity index (χ1v) is 8.43. The van der Waals surface area contributed by atoms with Crippen molar-refractivity contribution in [2.75, 3.05) is 27.2 Å². The lowest BCUT2D eigenvalue weighted by Gasteiger charge is -2.11. The lowest BCUT2D eigenvalue weighted by atomic mass is 10.3. The van der Waals surface area contributed by atoms with E-state index in [9.17, 15) is 8.42 Å². The van der Waals surface area contributed by atoms with Gasteiger partial charge in [0.05, 0.1) is 11.4 Å². The van der Waals surface area contributed by atoms with Gasteiger partial charge < -0.3 is 5.32 Å². The summed E-state index contributed by atoms with van der Waals surface area (Å²) in [5.41, 5.74) is 1.28. The summed E-state index contributed by atoms with van der Waals surface area (Å²) in [7, 11) is -0.338. The Morgan fingerprint density at radius 2 is 1.90 bits per heavy atom. The van der Waals surface area contributed by atoms with Crippen LogP contribution in [0.4, 0.5) is 0 Å². The van der Waals surface area contributed by atoms with Crippen molar-refractivity contribution in [2.45, 2.75) is 45.1 Å². The van der Waals surface area contributed by atoms with Gasteiger partial charge >= 0.3 is 0 Å². The van der Waals surface area contributed by atoms with Crippen molar-refractivity contribution in [1.29, 1.82) is 0 Å². The topological polar surface area (TPSA) is 67.2 Å². The van der Waals surface area contributed by atoms with Crippen LogP contribution in [0.15, 0.2) is 4.90 Å². The van der Waals surface area contributed by atoms with Gasteiger partial charge in [-0.1, -0.05) is 6.92 Å². The fourth-order valence-corrected chi connectivity index (χ4v) is 3.37. The van der Waals surface area contributed by atoms with Crippen LogP contribution in [0.5, 0.6) is 0 Å². The molecule has 0 aliphatic heterocycles. The highest BCUT2D eigenvalue weighted by Crippen LogP contribution is 2.21. The second kappa shape index (κ2) is 7.19. The molecule has 1 aromatic heterocycles. The summed E-state index contributed by atoms with van der Waals surface area (Å²) in [6, 6.07) is 0. The van der Waals surface area contributed by atoms with Gasteiger partial charge in [-0.25, -0.2) is 12.7 Å². The van der Waals surface area contributed by atoms with Crippen LogP contribution in [0, 0.1) is 13.8 Å². The highest BCUT2D eigenvalue weighted by atomic mass is 32.2. The highest BCUT2D eigenvalue weighted by molar-refractivity contribution is 7.89. The van der Waals surface area contributed by atoms with E-state index >= 15 is 0 Å². The Balaban J connectivity index is 2.83. The summed E-state index contributed by atoms with van der Waals surface area (Å²) in [5.74, 6) is 0. The van der Waals surface area contributed by atoms with Crippen LogP contribution in [0.2, 0.25) is 0 Å². The number of nitrogens with one attached hydrogen (secondary N) is 1. The van der Waals surface area contributed by atoms with E-state index in [0.717, 1.165) is 32.5 Å². The van der Waals surface area contributed by atoms with Gasteiger partial charge in [0.1, 0.15) is 4.90 Å². The monoisotopic (exact) mass is 302 g/mol. The summed E-state index contributed by atoms with van der Waals surface area (Å²) in [4.78, 5) is 0.337. The van der Waals surface area contributed by atoms with Crippen molar-refractivity contribution in [2.24, 2.45) is 0 Å². The van der Waals surface area contributed by atoms with E-state index in [1.807, 2.05) is 6.92 Å². The summed E-state index contributed by atoms with van der Waals surface area (Å²) in [6.07, 6.45) is 2.05. The van der Waals surface area contributed by atoms with Crippen molar-refractivity contribution in [3.05, 3.63) is 11.4 Å². The van der Waals surface area contributed by atoms with Crippen LogP contribution < -0.4 is 5.32 Å². The van der Waals surface area contributed by atoms with Crippen LogP contribution in [0.25, 0.3) is 0 Å². The molecule has 0 unspecified atom stereocenters. The van der Waals surface area contributed by atoms with Crippen molar-refractivity contribution in [1.82, 2.24) is 19.4 Å². The zero-order chi connectivity index (χ0) is 15.3. The maximum Gasteiger partial charge on any atom is 0.246 e. The molecule has 0 amide bonds. The van der Waals surface area contributed by atoms with Gasteiger partial charge in [0.15, 0.2) is 0 Å². The van der Waals surface area contributed by atoms with Gasteiger partial charge in [-0.05, 0) is 39.8 Å². The van der Waals surface area contributed by atoms with Crippen molar-refractivity contribution in [3.63, 3.8) is 0 Å². The molecule has 1 rings (SSSR count). The quantitative estimate of drug-likeness (QED) is 0.731. The predicted molar refractivity (Wildman–Crippen MR) is 80.4 cm³/mol. The van der Waals surface area contributed by atoms with Crippen molar-refractivity contribution >= 4 is 10.0 Å². The minimum atomic E-state index is -3.42. The standard InChI is InChI=1S/C13H26N4O2S/c1-6-8-14-9-7-10-17-12(3)13(11(2)15-17)20(18,19)16(4)5/h14H,6-10H2,1-5H3. The number of hydrogen-bond acceptors (Lipinski definition) is 4. The molecule has 6 nitrogen and oxygen atoms in total. The molecule has 0 atom stereocenters. The van der Waals surface area contributed by atoms with E-state index in [1.54, 1.807) is 25.7 Å². The Kier molecular flexibility index (Phi) is 6.16.